The summed E-state index contributed by atoms with van der Waals surface area (Å²) >= 11 is 0. The van der Waals surface area contributed by atoms with Crippen molar-refractivity contribution in [2.24, 2.45) is 11.8 Å². The molecule has 0 radical (unpaired) electrons. The number of carbonyl (C=O) groups is 2. The van der Waals surface area contributed by atoms with Crippen molar-refractivity contribution in [3.05, 3.63) is 46.0 Å². The molecule has 1 aliphatic carbocycles. The molecule has 0 aliphatic heterocycles. The number of carboxylic acids is 1. The summed E-state index contributed by atoms with van der Waals surface area (Å²) in [5.74, 6) is -1.96. The van der Waals surface area contributed by atoms with E-state index in [0.29, 0.717) is 18.4 Å². The first-order chi connectivity index (χ1) is 9.81. The van der Waals surface area contributed by atoms with E-state index in [9.17, 15) is 14.7 Å². The molecule has 112 valence electrons. The highest BCUT2D eigenvalue weighted by Gasteiger charge is 2.37. The van der Waals surface area contributed by atoms with Crippen molar-refractivity contribution in [2.45, 2.75) is 40.5 Å². The van der Waals surface area contributed by atoms with Crippen molar-refractivity contribution in [3.63, 3.8) is 0 Å². The zero-order valence-corrected chi connectivity index (χ0v) is 13.1. The molecule has 1 aromatic rings. The summed E-state index contributed by atoms with van der Waals surface area (Å²) in [4.78, 5) is 24.4. The summed E-state index contributed by atoms with van der Waals surface area (Å²) in [6.07, 6.45) is 1.03. The van der Waals surface area contributed by atoms with Crippen LogP contribution in [0.1, 0.15) is 48.2 Å². The smallest absolute Gasteiger partial charge is 0.307 e. The van der Waals surface area contributed by atoms with Gasteiger partial charge in [0.25, 0.3) is 0 Å². The number of allylic oxidation sites excluding steroid dienone is 2. The van der Waals surface area contributed by atoms with Crippen molar-refractivity contribution in [1.82, 2.24) is 0 Å². The van der Waals surface area contributed by atoms with Crippen LogP contribution in [0.3, 0.4) is 0 Å². The van der Waals surface area contributed by atoms with Crippen LogP contribution in [0.5, 0.6) is 0 Å². The first-order valence-corrected chi connectivity index (χ1v) is 7.30. The Labute approximate surface area is 125 Å². The van der Waals surface area contributed by atoms with Crippen LogP contribution in [0, 0.1) is 25.7 Å². The molecule has 0 heterocycles. The van der Waals surface area contributed by atoms with Gasteiger partial charge in [0.05, 0.1) is 5.92 Å². The van der Waals surface area contributed by atoms with E-state index < -0.39 is 17.8 Å². The van der Waals surface area contributed by atoms with E-state index in [1.165, 1.54) is 0 Å². The second kappa shape index (κ2) is 5.84. The van der Waals surface area contributed by atoms with Crippen molar-refractivity contribution in [3.8, 4) is 0 Å². The summed E-state index contributed by atoms with van der Waals surface area (Å²) < 4.78 is 0. The van der Waals surface area contributed by atoms with Gasteiger partial charge in [0.1, 0.15) is 0 Å². The predicted molar refractivity (Wildman–Crippen MR) is 82.5 cm³/mol. The maximum Gasteiger partial charge on any atom is 0.307 e. The summed E-state index contributed by atoms with van der Waals surface area (Å²) in [6.45, 7) is 7.81. The standard InChI is InChI=1S/C18H22O3/c1-10-5-6-11(2)14(7-10)17(19)15-8-12(3)13(4)9-16(15)18(20)21/h5-7,15-16H,8-9H2,1-4H3,(H,20,21). The topological polar surface area (TPSA) is 54.4 Å². The lowest BCUT2D eigenvalue weighted by molar-refractivity contribution is -0.143. The number of aliphatic carboxylic acids is 1. The van der Waals surface area contributed by atoms with Crippen molar-refractivity contribution < 1.29 is 14.7 Å². The zero-order valence-electron chi connectivity index (χ0n) is 13.1. The third-order valence-electron chi connectivity index (χ3n) is 4.58. The normalized spacial score (nSPS) is 22.3. The molecule has 1 N–H and O–H groups in total. The lowest BCUT2D eigenvalue weighted by Crippen LogP contribution is -2.33. The van der Waals surface area contributed by atoms with Crippen molar-refractivity contribution in [1.29, 1.82) is 0 Å². The van der Waals surface area contributed by atoms with E-state index in [2.05, 4.69) is 0 Å². The van der Waals surface area contributed by atoms with Crippen LogP contribution in [0.2, 0.25) is 0 Å². The Morgan fingerprint density at radius 3 is 2.14 bits per heavy atom. The molecule has 0 amide bonds. The molecule has 0 saturated heterocycles. The average molecular weight is 286 g/mol. The van der Waals surface area contributed by atoms with Gasteiger partial charge in [0.2, 0.25) is 0 Å². The van der Waals surface area contributed by atoms with Gasteiger partial charge in [-0.05, 0) is 52.2 Å². The molecule has 3 heteroatoms. The maximum atomic E-state index is 12.9. The van der Waals surface area contributed by atoms with Gasteiger partial charge in [-0.15, -0.1) is 0 Å². The van der Waals surface area contributed by atoms with E-state index in [4.69, 9.17) is 0 Å². The van der Waals surface area contributed by atoms with Crippen molar-refractivity contribution >= 4 is 11.8 Å². The van der Waals surface area contributed by atoms with E-state index in [1.807, 2.05) is 45.9 Å². The summed E-state index contributed by atoms with van der Waals surface area (Å²) in [5.41, 5.74) is 4.86. The summed E-state index contributed by atoms with van der Waals surface area (Å²) in [7, 11) is 0. The first-order valence-electron chi connectivity index (χ1n) is 7.30. The number of carboxylic acid groups (broad SMARTS) is 1. The SMILES string of the molecule is CC1=C(C)CC(C(=O)c2cc(C)ccc2C)C(C(=O)O)C1. The van der Waals surface area contributed by atoms with Gasteiger partial charge < -0.3 is 5.11 Å². The second-order valence-electron chi connectivity index (χ2n) is 6.20. The predicted octanol–water partition coefficient (Wildman–Crippen LogP) is 3.93. The monoisotopic (exact) mass is 286 g/mol. The van der Waals surface area contributed by atoms with Gasteiger partial charge in [0.15, 0.2) is 5.78 Å². The fraction of sp³-hybridized carbons (Fsp3) is 0.444. The Bertz CT molecular complexity index is 625. The number of benzene rings is 1. The molecule has 1 aromatic carbocycles. The number of hydrogen-bond donors (Lipinski definition) is 1. The lowest BCUT2D eigenvalue weighted by atomic mass is 9.73. The van der Waals surface area contributed by atoms with Gasteiger partial charge in [-0.25, -0.2) is 0 Å². The number of hydrogen-bond acceptors (Lipinski definition) is 2. The maximum absolute atomic E-state index is 12.9. The minimum Gasteiger partial charge on any atom is -0.481 e. The highest BCUT2D eigenvalue weighted by Crippen LogP contribution is 2.36. The molecule has 0 fully saturated rings. The van der Waals surface area contributed by atoms with Gasteiger partial charge in [-0.2, -0.15) is 0 Å². The molecule has 0 aromatic heterocycles. The Morgan fingerprint density at radius 1 is 1.00 bits per heavy atom. The van der Waals surface area contributed by atoms with Crippen LogP contribution in [-0.4, -0.2) is 16.9 Å². The molecule has 1 aliphatic rings. The summed E-state index contributed by atoms with van der Waals surface area (Å²) in [6, 6.07) is 5.77. The highest BCUT2D eigenvalue weighted by molar-refractivity contribution is 6.01. The number of ketones is 1. The molecular weight excluding hydrogens is 264 g/mol. The molecule has 0 spiro atoms. The molecule has 21 heavy (non-hydrogen) atoms. The van der Waals surface area contributed by atoms with Gasteiger partial charge >= 0.3 is 5.97 Å². The van der Waals surface area contributed by atoms with E-state index in [1.54, 1.807) is 0 Å². The van der Waals surface area contributed by atoms with E-state index >= 15 is 0 Å². The fourth-order valence-electron chi connectivity index (χ4n) is 3.03. The highest BCUT2D eigenvalue weighted by atomic mass is 16.4. The van der Waals surface area contributed by atoms with Crippen LogP contribution < -0.4 is 0 Å². The molecule has 0 bridgehead atoms. The number of carbonyl (C=O) groups excluding carboxylic acids is 1. The van der Waals surface area contributed by atoms with E-state index in [0.717, 1.165) is 22.3 Å². The van der Waals surface area contributed by atoms with Crippen LogP contribution in [0.15, 0.2) is 29.3 Å². The third-order valence-corrected chi connectivity index (χ3v) is 4.58. The molecule has 3 nitrogen and oxygen atoms in total. The first kappa shape index (κ1) is 15.5. The minimum absolute atomic E-state index is 0.0320. The van der Waals surface area contributed by atoms with Crippen LogP contribution in [0.25, 0.3) is 0 Å². The zero-order chi connectivity index (χ0) is 15.7. The van der Waals surface area contributed by atoms with Crippen LogP contribution in [0.4, 0.5) is 0 Å². The minimum atomic E-state index is -0.870. The molecule has 2 atom stereocenters. The number of aryl methyl sites for hydroxylation is 2. The summed E-state index contributed by atoms with van der Waals surface area (Å²) in [5, 5.41) is 9.46. The van der Waals surface area contributed by atoms with E-state index in [-0.39, 0.29) is 5.78 Å². The third kappa shape index (κ3) is 3.07. The van der Waals surface area contributed by atoms with Gasteiger partial charge in [-0.1, -0.05) is 28.8 Å². The Morgan fingerprint density at radius 2 is 1.57 bits per heavy atom. The Balaban J connectivity index is 2.40. The lowest BCUT2D eigenvalue weighted by Gasteiger charge is -2.29. The van der Waals surface area contributed by atoms with Crippen LogP contribution >= 0.6 is 0 Å². The quantitative estimate of drug-likeness (QED) is 0.676. The molecule has 0 saturated carbocycles. The number of rotatable bonds is 3. The van der Waals surface area contributed by atoms with Gasteiger partial charge in [-0.3, -0.25) is 9.59 Å². The van der Waals surface area contributed by atoms with Crippen LogP contribution in [-0.2, 0) is 4.79 Å². The molecule has 2 unspecified atom stereocenters. The Kier molecular flexibility index (Phi) is 4.31. The molecular formula is C18H22O3. The van der Waals surface area contributed by atoms with Crippen molar-refractivity contribution in [2.75, 3.05) is 0 Å². The molecule has 2 rings (SSSR count). The average Bonchev–Trinajstić information content (AvgIpc) is 2.43. The fourth-order valence-corrected chi connectivity index (χ4v) is 3.03. The number of Topliss-reactive ketones (excluding diaryl/α,β-unsaturated/α-hetero) is 1. The second-order valence-corrected chi connectivity index (χ2v) is 6.20. The largest absolute Gasteiger partial charge is 0.481 e. The van der Waals surface area contributed by atoms with Gasteiger partial charge in [0, 0.05) is 11.5 Å². The Hall–Kier alpha value is -1.90.